The molecule has 0 amide bonds. The fraction of sp³-hybridized carbons (Fsp3) is 0.917. The molecule has 0 N–H and O–H groups in total. The minimum Gasteiger partial charge on any atom is -0.467 e. The molecule has 1 heterocycles. The van der Waals surface area contributed by atoms with Crippen LogP contribution in [0.25, 0.3) is 0 Å². The first-order chi connectivity index (χ1) is 8.19. The molecule has 5 heteroatoms. The lowest BCUT2D eigenvalue weighted by molar-refractivity contribution is -0.139. The van der Waals surface area contributed by atoms with Crippen molar-refractivity contribution in [2.45, 2.75) is 50.9 Å². The summed E-state index contributed by atoms with van der Waals surface area (Å²) >= 11 is 0. The average molecular weight is 258 g/mol. The van der Waals surface area contributed by atoms with Crippen molar-refractivity contribution >= 4 is 15.0 Å². The van der Waals surface area contributed by atoms with Crippen LogP contribution in [0.3, 0.4) is 0 Å². The van der Waals surface area contributed by atoms with Crippen molar-refractivity contribution in [2.24, 2.45) is 5.92 Å². The van der Waals surface area contributed by atoms with Crippen LogP contribution in [0, 0.1) is 5.92 Å². The summed E-state index contributed by atoms with van der Waals surface area (Å²) < 4.78 is 16.0. The van der Waals surface area contributed by atoms with Gasteiger partial charge in [0.15, 0.2) is 0 Å². The second-order valence-corrected chi connectivity index (χ2v) is 7.76. The van der Waals surface area contributed by atoms with E-state index in [1.807, 2.05) is 0 Å². The topological polar surface area (TPSA) is 48.1 Å². The maximum absolute atomic E-state index is 10.7. The lowest BCUT2D eigenvalue weighted by atomic mass is 9.88. The molecule has 1 saturated heterocycles. The fourth-order valence-corrected chi connectivity index (χ4v) is 4.45. The highest BCUT2D eigenvalue weighted by Gasteiger charge is 2.43. The van der Waals surface area contributed by atoms with E-state index in [1.165, 1.54) is 32.6 Å². The Labute approximate surface area is 104 Å². The molecule has 17 heavy (non-hydrogen) atoms. The Morgan fingerprint density at radius 2 is 2.24 bits per heavy atom. The molecule has 0 aromatic heterocycles. The van der Waals surface area contributed by atoms with Crippen LogP contribution in [-0.4, -0.2) is 40.6 Å². The van der Waals surface area contributed by atoms with Crippen molar-refractivity contribution in [1.82, 2.24) is 0 Å². The number of carbonyl (C=O) groups excluding carboxylic acids is 1. The SMILES string of the molecule is CO[SiH](CCC1CCC2OC2C1)COC(C)=O. The molecule has 4 atom stereocenters. The molecule has 1 aliphatic heterocycles. The number of rotatable bonds is 6. The molecule has 4 nitrogen and oxygen atoms in total. The molecular weight excluding hydrogens is 236 g/mol. The van der Waals surface area contributed by atoms with Crippen LogP contribution in [0.2, 0.25) is 6.04 Å². The van der Waals surface area contributed by atoms with Gasteiger partial charge < -0.3 is 13.9 Å². The fourth-order valence-electron chi connectivity index (χ4n) is 2.65. The maximum atomic E-state index is 10.7. The summed E-state index contributed by atoms with van der Waals surface area (Å²) in [5.41, 5.74) is 0. The van der Waals surface area contributed by atoms with Gasteiger partial charge in [0.1, 0.15) is 6.23 Å². The number of esters is 1. The minimum atomic E-state index is -1.33. The molecule has 98 valence electrons. The Bertz CT molecular complexity index is 271. The number of epoxide rings is 1. The van der Waals surface area contributed by atoms with Crippen LogP contribution < -0.4 is 0 Å². The third-order valence-corrected chi connectivity index (χ3v) is 6.00. The summed E-state index contributed by atoms with van der Waals surface area (Å²) in [4.78, 5) is 10.7. The van der Waals surface area contributed by atoms with Gasteiger partial charge in [0.25, 0.3) is 0 Å². The summed E-state index contributed by atoms with van der Waals surface area (Å²) in [6, 6.07) is 1.10. The molecule has 0 spiro atoms. The third-order valence-electron chi connectivity index (χ3n) is 3.82. The van der Waals surface area contributed by atoms with Crippen LogP contribution in [0.1, 0.15) is 32.6 Å². The minimum absolute atomic E-state index is 0.202. The molecule has 0 aromatic carbocycles. The Kier molecular flexibility index (Phi) is 4.59. The highest BCUT2D eigenvalue weighted by molar-refractivity contribution is 6.51. The Balaban J connectivity index is 1.62. The van der Waals surface area contributed by atoms with E-state index in [0.29, 0.717) is 18.4 Å². The van der Waals surface area contributed by atoms with Gasteiger partial charge in [-0.25, -0.2) is 0 Å². The zero-order valence-electron chi connectivity index (χ0n) is 10.7. The first-order valence-corrected chi connectivity index (χ1v) is 8.61. The molecular formula is C12H22O4Si. The van der Waals surface area contributed by atoms with Crippen LogP contribution in [0.5, 0.6) is 0 Å². The summed E-state index contributed by atoms with van der Waals surface area (Å²) in [6.45, 7) is 1.45. The number of hydrogen-bond donors (Lipinski definition) is 0. The predicted octanol–water partition coefficient (Wildman–Crippen LogP) is 1.42. The number of hydrogen-bond acceptors (Lipinski definition) is 4. The van der Waals surface area contributed by atoms with Gasteiger partial charge in [-0.05, 0) is 31.2 Å². The Morgan fingerprint density at radius 3 is 2.88 bits per heavy atom. The standard InChI is InChI=1S/C12H22O4Si/c1-9(13)15-8-17(14-2)6-5-10-3-4-11-12(7-10)16-11/h10-12,17H,3-8H2,1-2H3. The van der Waals surface area contributed by atoms with E-state index in [9.17, 15) is 4.79 Å². The van der Waals surface area contributed by atoms with Crippen molar-refractivity contribution in [3.05, 3.63) is 0 Å². The summed E-state index contributed by atoms with van der Waals surface area (Å²) in [6.07, 6.45) is 6.62. The quantitative estimate of drug-likeness (QED) is 0.411. The van der Waals surface area contributed by atoms with E-state index in [2.05, 4.69) is 0 Å². The van der Waals surface area contributed by atoms with E-state index in [-0.39, 0.29) is 5.97 Å². The highest BCUT2D eigenvalue weighted by atomic mass is 28.3. The van der Waals surface area contributed by atoms with Gasteiger partial charge in [0.2, 0.25) is 9.04 Å². The van der Waals surface area contributed by atoms with Gasteiger partial charge in [-0.2, -0.15) is 0 Å². The molecule has 1 saturated carbocycles. The second-order valence-electron chi connectivity index (χ2n) is 5.13. The second kappa shape index (κ2) is 5.98. The van der Waals surface area contributed by atoms with Crippen molar-refractivity contribution in [3.8, 4) is 0 Å². The van der Waals surface area contributed by atoms with Crippen molar-refractivity contribution in [3.63, 3.8) is 0 Å². The molecule has 2 aliphatic rings. The van der Waals surface area contributed by atoms with Gasteiger partial charge in [-0.1, -0.05) is 6.42 Å². The number of carbonyl (C=O) groups is 1. The van der Waals surface area contributed by atoms with E-state index >= 15 is 0 Å². The van der Waals surface area contributed by atoms with Crippen LogP contribution in [0.4, 0.5) is 0 Å². The first-order valence-electron chi connectivity index (χ1n) is 6.50. The molecule has 4 unspecified atom stereocenters. The van der Waals surface area contributed by atoms with Gasteiger partial charge >= 0.3 is 5.97 Å². The molecule has 0 radical (unpaired) electrons. The van der Waals surface area contributed by atoms with Crippen LogP contribution in [0.15, 0.2) is 0 Å². The Hall–Kier alpha value is -0.393. The Morgan fingerprint density at radius 1 is 1.41 bits per heavy atom. The number of ether oxygens (including phenoxy) is 2. The van der Waals surface area contributed by atoms with Gasteiger partial charge in [-0.15, -0.1) is 0 Å². The molecule has 0 bridgehead atoms. The van der Waals surface area contributed by atoms with E-state index in [1.54, 1.807) is 7.11 Å². The smallest absolute Gasteiger partial charge is 0.302 e. The van der Waals surface area contributed by atoms with Gasteiger partial charge in [-0.3, -0.25) is 4.79 Å². The zero-order valence-corrected chi connectivity index (χ0v) is 11.8. The van der Waals surface area contributed by atoms with Crippen LogP contribution in [-0.2, 0) is 18.7 Å². The summed E-state index contributed by atoms with van der Waals surface area (Å²) in [5, 5.41) is 0. The van der Waals surface area contributed by atoms with E-state index in [4.69, 9.17) is 13.9 Å². The maximum Gasteiger partial charge on any atom is 0.302 e. The number of fused-ring (bicyclic) bond motifs is 1. The molecule has 2 fully saturated rings. The average Bonchev–Trinajstić information content (AvgIpc) is 3.07. The first kappa shape index (κ1) is 13.0. The molecule has 1 aliphatic carbocycles. The normalized spacial score (nSPS) is 32.7. The van der Waals surface area contributed by atoms with Gasteiger partial charge in [0.05, 0.1) is 12.2 Å². The van der Waals surface area contributed by atoms with Crippen molar-refractivity contribution in [1.29, 1.82) is 0 Å². The lowest BCUT2D eigenvalue weighted by Crippen LogP contribution is -2.26. The van der Waals surface area contributed by atoms with E-state index in [0.717, 1.165) is 12.0 Å². The monoisotopic (exact) mass is 258 g/mol. The molecule has 2 rings (SSSR count). The summed E-state index contributed by atoms with van der Waals surface area (Å²) in [7, 11) is 0.407. The predicted molar refractivity (Wildman–Crippen MR) is 66.2 cm³/mol. The van der Waals surface area contributed by atoms with Crippen LogP contribution >= 0.6 is 0 Å². The van der Waals surface area contributed by atoms with Crippen molar-refractivity contribution in [2.75, 3.05) is 13.3 Å². The molecule has 0 aromatic rings. The highest BCUT2D eigenvalue weighted by Crippen LogP contribution is 2.41. The lowest BCUT2D eigenvalue weighted by Gasteiger charge is -2.20. The summed E-state index contributed by atoms with van der Waals surface area (Å²) in [5.74, 6) is 0.590. The van der Waals surface area contributed by atoms with E-state index < -0.39 is 9.04 Å². The zero-order chi connectivity index (χ0) is 12.3. The third kappa shape index (κ3) is 4.08. The largest absolute Gasteiger partial charge is 0.467 e. The van der Waals surface area contributed by atoms with Gasteiger partial charge in [0, 0.05) is 14.0 Å². The van der Waals surface area contributed by atoms with Crippen molar-refractivity contribution < 1.29 is 18.7 Å².